The molecule has 0 aliphatic heterocycles. The van der Waals surface area contributed by atoms with Crippen molar-refractivity contribution < 1.29 is 9.53 Å². The summed E-state index contributed by atoms with van der Waals surface area (Å²) < 4.78 is 5.52. The summed E-state index contributed by atoms with van der Waals surface area (Å²) in [4.78, 5) is 15.8. The average Bonchev–Trinajstić information content (AvgIpc) is 2.42. The van der Waals surface area contributed by atoms with Crippen molar-refractivity contribution in [2.45, 2.75) is 13.0 Å². The number of benzene rings is 1. The fourth-order valence-corrected chi connectivity index (χ4v) is 1.58. The molecule has 19 heavy (non-hydrogen) atoms. The van der Waals surface area contributed by atoms with Gasteiger partial charge in [-0.1, -0.05) is 11.6 Å². The minimum Gasteiger partial charge on any atom is -0.481 e. The SMILES string of the molecule is CC(Oc1ccc(Cl)cc1)C(=O)Nc1ccncc1. The molecule has 1 unspecified atom stereocenters. The van der Waals surface area contributed by atoms with E-state index >= 15 is 0 Å². The lowest BCUT2D eigenvalue weighted by atomic mass is 10.3. The van der Waals surface area contributed by atoms with Gasteiger partial charge < -0.3 is 10.1 Å². The van der Waals surface area contributed by atoms with Crippen molar-refractivity contribution in [3.8, 4) is 5.75 Å². The van der Waals surface area contributed by atoms with Crippen LogP contribution in [-0.2, 0) is 4.79 Å². The number of hydrogen-bond donors (Lipinski definition) is 1. The molecule has 4 nitrogen and oxygen atoms in total. The van der Waals surface area contributed by atoms with Crippen LogP contribution in [-0.4, -0.2) is 17.0 Å². The van der Waals surface area contributed by atoms with Crippen molar-refractivity contribution in [2.24, 2.45) is 0 Å². The lowest BCUT2D eigenvalue weighted by molar-refractivity contribution is -0.122. The van der Waals surface area contributed by atoms with Crippen LogP contribution in [0.15, 0.2) is 48.8 Å². The van der Waals surface area contributed by atoms with Gasteiger partial charge in [0.15, 0.2) is 6.10 Å². The van der Waals surface area contributed by atoms with E-state index in [-0.39, 0.29) is 5.91 Å². The van der Waals surface area contributed by atoms with Crippen LogP contribution in [0.1, 0.15) is 6.92 Å². The minimum absolute atomic E-state index is 0.221. The van der Waals surface area contributed by atoms with Crippen molar-refractivity contribution in [1.29, 1.82) is 0 Å². The molecular weight excluding hydrogens is 264 g/mol. The maximum absolute atomic E-state index is 11.9. The third-order valence-electron chi connectivity index (χ3n) is 2.44. The minimum atomic E-state index is -0.602. The van der Waals surface area contributed by atoms with E-state index in [4.69, 9.17) is 16.3 Å². The number of anilines is 1. The summed E-state index contributed by atoms with van der Waals surface area (Å²) >= 11 is 5.78. The van der Waals surface area contributed by atoms with E-state index in [1.165, 1.54) is 0 Å². The van der Waals surface area contributed by atoms with Crippen molar-refractivity contribution in [2.75, 3.05) is 5.32 Å². The first-order chi connectivity index (χ1) is 9.15. The molecule has 1 heterocycles. The maximum atomic E-state index is 11.9. The van der Waals surface area contributed by atoms with Crippen LogP contribution >= 0.6 is 11.6 Å². The highest BCUT2D eigenvalue weighted by molar-refractivity contribution is 6.30. The molecule has 5 heteroatoms. The molecule has 0 aliphatic carbocycles. The number of nitrogens with one attached hydrogen (secondary N) is 1. The number of ether oxygens (including phenoxy) is 1. The van der Waals surface area contributed by atoms with E-state index < -0.39 is 6.10 Å². The van der Waals surface area contributed by atoms with E-state index in [0.717, 1.165) is 0 Å². The smallest absolute Gasteiger partial charge is 0.265 e. The molecule has 0 saturated heterocycles. The van der Waals surface area contributed by atoms with Gasteiger partial charge in [-0.15, -0.1) is 0 Å². The Morgan fingerprint density at radius 2 is 1.84 bits per heavy atom. The molecule has 1 amide bonds. The van der Waals surface area contributed by atoms with Crippen LogP contribution in [0.4, 0.5) is 5.69 Å². The van der Waals surface area contributed by atoms with Crippen LogP contribution in [0, 0.1) is 0 Å². The van der Waals surface area contributed by atoms with Gasteiger partial charge in [-0.05, 0) is 43.3 Å². The van der Waals surface area contributed by atoms with Gasteiger partial charge in [0.25, 0.3) is 5.91 Å². The van der Waals surface area contributed by atoms with E-state index in [9.17, 15) is 4.79 Å². The van der Waals surface area contributed by atoms with E-state index in [2.05, 4.69) is 10.3 Å². The van der Waals surface area contributed by atoms with E-state index in [1.807, 2.05) is 0 Å². The molecule has 1 N–H and O–H groups in total. The van der Waals surface area contributed by atoms with Gasteiger partial charge in [0.05, 0.1) is 0 Å². The Bertz CT molecular complexity index is 543. The third kappa shape index (κ3) is 3.96. The lowest BCUT2D eigenvalue weighted by Gasteiger charge is -2.14. The van der Waals surface area contributed by atoms with Gasteiger partial charge in [-0.2, -0.15) is 0 Å². The topological polar surface area (TPSA) is 51.2 Å². The number of halogens is 1. The van der Waals surface area contributed by atoms with Crippen LogP contribution < -0.4 is 10.1 Å². The molecule has 98 valence electrons. The summed E-state index contributed by atoms with van der Waals surface area (Å²) in [5.74, 6) is 0.378. The summed E-state index contributed by atoms with van der Waals surface area (Å²) in [5, 5.41) is 3.37. The summed E-state index contributed by atoms with van der Waals surface area (Å²) in [6.45, 7) is 1.69. The van der Waals surface area contributed by atoms with Crippen LogP contribution in [0.2, 0.25) is 5.02 Å². The second-order valence-corrected chi connectivity index (χ2v) is 4.38. The van der Waals surface area contributed by atoms with Crippen molar-refractivity contribution in [1.82, 2.24) is 4.98 Å². The molecule has 1 aromatic carbocycles. The number of pyridine rings is 1. The number of carbonyl (C=O) groups excluding carboxylic acids is 1. The molecular formula is C14H13ClN2O2. The first-order valence-corrected chi connectivity index (χ1v) is 6.16. The quantitative estimate of drug-likeness (QED) is 0.933. The maximum Gasteiger partial charge on any atom is 0.265 e. The molecule has 1 aromatic heterocycles. The molecule has 0 fully saturated rings. The molecule has 0 saturated carbocycles. The molecule has 2 aromatic rings. The Morgan fingerprint density at radius 1 is 1.21 bits per heavy atom. The van der Waals surface area contributed by atoms with E-state index in [0.29, 0.717) is 16.5 Å². The predicted octanol–water partition coefficient (Wildman–Crippen LogP) is 3.14. The highest BCUT2D eigenvalue weighted by Gasteiger charge is 2.14. The number of aromatic nitrogens is 1. The number of hydrogen-bond acceptors (Lipinski definition) is 3. The Labute approximate surface area is 116 Å². The third-order valence-corrected chi connectivity index (χ3v) is 2.70. The predicted molar refractivity (Wildman–Crippen MR) is 74.4 cm³/mol. The fraction of sp³-hybridized carbons (Fsp3) is 0.143. The van der Waals surface area contributed by atoms with Gasteiger partial charge in [-0.3, -0.25) is 9.78 Å². The fourth-order valence-electron chi connectivity index (χ4n) is 1.45. The largest absolute Gasteiger partial charge is 0.481 e. The molecule has 0 spiro atoms. The van der Waals surface area contributed by atoms with Gasteiger partial charge in [-0.25, -0.2) is 0 Å². The molecule has 0 aliphatic rings. The Hall–Kier alpha value is -2.07. The second kappa shape index (κ2) is 6.20. The van der Waals surface area contributed by atoms with Gasteiger partial charge in [0.2, 0.25) is 0 Å². The van der Waals surface area contributed by atoms with Crippen molar-refractivity contribution >= 4 is 23.2 Å². The van der Waals surface area contributed by atoms with Crippen LogP contribution in [0.5, 0.6) is 5.75 Å². The summed E-state index contributed by atoms with van der Waals surface area (Å²) in [7, 11) is 0. The number of amides is 1. The number of carbonyl (C=O) groups is 1. The summed E-state index contributed by atoms with van der Waals surface area (Å²) in [6.07, 6.45) is 2.62. The normalized spacial score (nSPS) is 11.7. The lowest BCUT2D eigenvalue weighted by Crippen LogP contribution is -2.30. The Morgan fingerprint density at radius 3 is 2.47 bits per heavy atom. The second-order valence-electron chi connectivity index (χ2n) is 3.94. The number of rotatable bonds is 4. The van der Waals surface area contributed by atoms with E-state index in [1.54, 1.807) is 55.7 Å². The number of nitrogens with zero attached hydrogens (tertiary/aromatic N) is 1. The zero-order chi connectivity index (χ0) is 13.7. The summed E-state index contributed by atoms with van der Waals surface area (Å²) in [6, 6.07) is 10.3. The molecule has 0 radical (unpaired) electrons. The molecule has 0 bridgehead atoms. The van der Waals surface area contributed by atoms with Crippen molar-refractivity contribution in [3.05, 3.63) is 53.8 Å². The highest BCUT2D eigenvalue weighted by atomic mass is 35.5. The van der Waals surface area contributed by atoms with Crippen LogP contribution in [0.3, 0.4) is 0 Å². The average molecular weight is 277 g/mol. The van der Waals surface area contributed by atoms with Gasteiger partial charge in [0, 0.05) is 23.1 Å². The highest BCUT2D eigenvalue weighted by Crippen LogP contribution is 2.17. The van der Waals surface area contributed by atoms with Gasteiger partial charge in [0.1, 0.15) is 5.75 Å². The zero-order valence-electron chi connectivity index (χ0n) is 10.3. The monoisotopic (exact) mass is 276 g/mol. The van der Waals surface area contributed by atoms with Gasteiger partial charge >= 0.3 is 0 Å². The Balaban J connectivity index is 1.94. The zero-order valence-corrected chi connectivity index (χ0v) is 11.1. The van der Waals surface area contributed by atoms with Crippen molar-refractivity contribution in [3.63, 3.8) is 0 Å². The van der Waals surface area contributed by atoms with Crippen LogP contribution in [0.25, 0.3) is 0 Å². The molecule has 2 rings (SSSR count). The first-order valence-electron chi connectivity index (χ1n) is 5.78. The standard InChI is InChI=1S/C14H13ClN2O2/c1-10(19-13-4-2-11(15)3-5-13)14(18)17-12-6-8-16-9-7-12/h2-10H,1H3,(H,16,17,18). The first kappa shape index (κ1) is 13.4. The molecule has 1 atom stereocenters. The Kier molecular flexibility index (Phi) is 4.36. The summed E-state index contributed by atoms with van der Waals surface area (Å²) in [5.41, 5.74) is 0.687.